The third-order valence-corrected chi connectivity index (χ3v) is 5.89. The van der Waals surface area contributed by atoms with Crippen LogP contribution in [0.2, 0.25) is 0 Å². The Hall–Kier alpha value is -3.36. The SMILES string of the molecule is CCCC(CC)Nc1cc(-c2cc(C(N)=O)cc(N3CCN(C(=O)OC(C)(C)C)CC3)n2)ccn1. The van der Waals surface area contributed by atoms with E-state index in [2.05, 4.69) is 29.0 Å². The molecule has 1 saturated heterocycles. The van der Waals surface area contributed by atoms with Crippen molar-refractivity contribution in [2.45, 2.75) is 65.5 Å². The van der Waals surface area contributed by atoms with Gasteiger partial charge in [0.05, 0.1) is 5.69 Å². The number of carbonyl (C=O) groups is 2. The zero-order chi connectivity index (χ0) is 25.6. The third-order valence-electron chi connectivity index (χ3n) is 5.89. The maximum atomic E-state index is 12.4. The summed E-state index contributed by atoms with van der Waals surface area (Å²) in [4.78, 5) is 37.6. The normalized spacial score (nSPS) is 15.0. The Labute approximate surface area is 208 Å². The lowest BCUT2D eigenvalue weighted by Crippen LogP contribution is -2.50. The topological polar surface area (TPSA) is 114 Å². The number of nitrogens with two attached hydrogens (primary N) is 1. The van der Waals surface area contributed by atoms with Crippen LogP contribution in [0.3, 0.4) is 0 Å². The number of amides is 2. The van der Waals surface area contributed by atoms with Gasteiger partial charge in [0.1, 0.15) is 17.2 Å². The Morgan fingerprint density at radius 1 is 1.14 bits per heavy atom. The van der Waals surface area contributed by atoms with Gasteiger partial charge in [-0.05, 0) is 57.9 Å². The van der Waals surface area contributed by atoms with Crippen LogP contribution in [0.4, 0.5) is 16.4 Å². The minimum atomic E-state index is -0.535. The zero-order valence-electron chi connectivity index (χ0n) is 21.5. The highest BCUT2D eigenvalue weighted by molar-refractivity contribution is 5.94. The highest BCUT2D eigenvalue weighted by Crippen LogP contribution is 2.26. The maximum Gasteiger partial charge on any atom is 0.410 e. The number of anilines is 2. The fraction of sp³-hybridized carbons (Fsp3) is 0.538. The van der Waals surface area contributed by atoms with E-state index >= 15 is 0 Å². The Balaban J connectivity index is 1.81. The molecule has 0 aromatic carbocycles. The third kappa shape index (κ3) is 7.31. The first-order valence-electron chi connectivity index (χ1n) is 12.4. The average Bonchev–Trinajstić information content (AvgIpc) is 2.82. The molecule has 35 heavy (non-hydrogen) atoms. The van der Waals surface area contributed by atoms with E-state index in [9.17, 15) is 9.59 Å². The van der Waals surface area contributed by atoms with Gasteiger partial charge in [-0.15, -0.1) is 0 Å². The van der Waals surface area contributed by atoms with Crippen molar-refractivity contribution >= 4 is 23.6 Å². The number of hydrogen-bond acceptors (Lipinski definition) is 7. The van der Waals surface area contributed by atoms with Gasteiger partial charge in [-0.2, -0.15) is 0 Å². The number of ether oxygens (including phenoxy) is 1. The Morgan fingerprint density at radius 3 is 2.46 bits per heavy atom. The molecule has 2 aromatic rings. The van der Waals surface area contributed by atoms with E-state index in [0.717, 1.165) is 30.6 Å². The summed E-state index contributed by atoms with van der Waals surface area (Å²) in [6.07, 6.45) is 4.60. The summed E-state index contributed by atoms with van der Waals surface area (Å²) < 4.78 is 5.49. The van der Waals surface area contributed by atoms with Gasteiger partial charge in [-0.25, -0.2) is 14.8 Å². The van der Waals surface area contributed by atoms with Gasteiger partial charge in [0.15, 0.2) is 0 Å². The van der Waals surface area contributed by atoms with E-state index in [0.29, 0.717) is 49.3 Å². The van der Waals surface area contributed by atoms with Crippen LogP contribution in [0, 0.1) is 0 Å². The molecule has 2 amide bonds. The molecule has 0 saturated carbocycles. The van der Waals surface area contributed by atoms with Crippen molar-refractivity contribution in [3.05, 3.63) is 36.0 Å². The second-order valence-electron chi connectivity index (χ2n) is 9.89. The second kappa shape index (κ2) is 11.4. The van der Waals surface area contributed by atoms with Gasteiger partial charge < -0.3 is 25.6 Å². The van der Waals surface area contributed by atoms with E-state index < -0.39 is 11.5 Å². The van der Waals surface area contributed by atoms with Crippen LogP contribution >= 0.6 is 0 Å². The van der Waals surface area contributed by atoms with E-state index in [1.807, 2.05) is 32.9 Å². The standard InChI is InChI=1S/C26H38N6O3/c1-6-8-20(7-2)29-22-16-18(9-10-28-22)21-15-19(24(27)33)17-23(30-21)31-11-13-32(14-12-31)25(34)35-26(3,4)5/h9-10,15-17,20H,6-8,11-14H2,1-5H3,(H2,27,33)(H,28,29). The molecule has 9 nitrogen and oxygen atoms in total. The highest BCUT2D eigenvalue weighted by Gasteiger charge is 2.27. The lowest BCUT2D eigenvalue weighted by Gasteiger charge is -2.36. The minimum absolute atomic E-state index is 0.318. The van der Waals surface area contributed by atoms with Crippen molar-refractivity contribution in [1.29, 1.82) is 0 Å². The smallest absolute Gasteiger partial charge is 0.410 e. The number of aromatic nitrogens is 2. The predicted molar refractivity (Wildman–Crippen MR) is 139 cm³/mol. The molecule has 2 aromatic heterocycles. The predicted octanol–water partition coefficient (Wildman–Crippen LogP) is 4.29. The number of hydrogen-bond donors (Lipinski definition) is 2. The maximum absolute atomic E-state index is 12.4. The molecule has 1 aliphatic rings. The first kappa shape index (κ1) is 26.2. The van der Waals surface area contributed by atoms with Gasteiger partial charge in [-0.3, -0.25) is 4.79 Å². The number of rotatable bonds is 8. The van der Waals surface area contributed by atoms with Crippen molar-refractivity contribution in [2.75, 3.05) is 36.4 Å². The monoisotopic (exact) mass is 482 g/mol. The largest absolute Gasteiger partial charge is 0.444 e. The number of primary amides is 1. The molecule has 9 heteroatoms. The number of piperazine rings is 1. The highest BCUT2D eigenvalue weighted by atomic mass is 16.6. The lowest BCUT2D eigenvalue weighted by atomic mass is 10.1. The van der Waals surface area contributed by atoms with Crippen molar-refractivity contribution < 1.29 is 14.3 Å². The molecule has 1 atom stereocenters. The van der Waals surface area contributed by atoms with Gasteiger partial charge in [0.2, 0.25) is 5.91 Å². The van der Waals surface area contributed by atoms with E-state index in [1.165, 1.54) is 0 Å². The fourth-order valence-corrected chi connectivity index (χ4v) is 4.02. The Kier molecular flexibility index (Phi) is 8.53. The van der Waals surface area contributed by atoms with Gasteiger partial charge in [-0.1, -0.05) is 20.3 Å². The minimum Gasteiger partial charge on any atom is -0.444 e. The van der Waals surface area contributed by atoms with Crippen molar-refractivity contribution in [3.8, 4) is 11.3 Å². The Morgan fingerprint density at radius 2 is 1.86 bits per heavy atom. The van der Waals surface area contributed by atoms with Crippen LogP contribution in [0.25, 0.3) is 11.3 Å². The molecule has 1 fully saturated rings. The van der Waals surface area contributed by atoms with Gasteiger partial charge in [0, 0.05) is 49.5 Å². The number of nitrogens with one attached hydrogen (secondary N) is 1. The fourth-order valence-electron chi connectivity index (χ4n) is 4.02. The summed E-state index contributed by atoms with van der Waals surface area (Å²) in [5.74, 6) is 0.925. The van der Waals surface area contributed by atoms with Crippen LogP contribution < -0.4 is 16.0 Å². The van der Waals surface area contributed by atoms with E-state index in [-0.39, 0.29) is 6.09 Å². The van der Waals surface area contributed by atoms with Crippen molar-refractivity contribution in [3.63, 3.8) is 0 Å². The van der Waals surface area contributed by atoms with Gasteiger partial charge in [0.25, 0.3) is 0 Å². The zero-order valence-corrected chi connectivity index (χ0v) is 21.5. The molecule has 0 aliphatic carbocycles. The molecule has 0 radical (unpaired) electrons. The summed E-state index contributed by atoms with van der Waals surface area (Å²) in [6, 6.07) is 7.61. The van der Waals surface area contributed by atoms with Crippen LogP contribution in [0.1, 0.15) is 64.2 Å². The number of pyridine rings is 2. The first-order chi connectivity index (χ1) is 16.6. The van der Waals surface area contributed by atoms with Crippen molar-refractivity contribution in [1.82, 2.24) is 14.9 Å². The molecule has 0 spiro atoms. The molecular formula is C26H38N6O3. The van der Waals surface area contributed by atoms with Crippen molar-refractivity contribution in [2.24, 2.45) is 5.73 Å². The Bertz CT molecular complexity index is 1030. The summed E-state index contributed by atoms with van der Waals surface area (Å²) >= 11 is 0. The van der Waals surface area contributed by atoms with Crippen LogP contribution in [0.15, 0.2) is 30.5 Å². The first-order valence-corrected chi connectivity index (χ1v) is 12.4. The summed E-state index contributed by atoms with van der Waals surface area (Å²) in [5, 5.41) is 3.50. The summed E-state index contributed by atoms with van der Waals surface area (Å²) in [5.41, 5.74) is 7.01. The molecule has 3 rings (SSSR count). The molecule has 3 heterocycles. The summed E-state index contributed by atoms with van der Waals surface area (Å²) in [7, 11) is 0. The molecule has 1 unspecified atom stereocenters. The summed E-state index contributed by atoms with van der Waals surface area (Å²) in [6.45, 7) is 12.1. The second-order valence-corrected chi connectivity index (χ2v) is 9.89. The van der Waals surface area contributed by atoms with Gasteiger partial charge >= 0.3 is 6.09 Å². The van der Waals surface area contributed by atoms with Crippen LogP contribution in [-0.2, 0) is 4.74 Å². The van der Waals surface area contributed by atoms with Crippen LogP contribution in [-0.4, -0.2) is 64.7 Å². The molecule has 0 bridgehead atoms. The molecule has 3 N–H and O–H groups in total. The molecule has 190 valence electrons. The number of nitrogens with zero attached hydrogens (tertiary/aromatic N) is 4. The quantitative estimate of drug-likeness (QED) is 0.577. The molecular weight excluding hydrogens is 444 g/mol. The lowest BCUT2D eigenvalue weighted by molar-refractivity contribution is 0.0240. The average molecular weight is 483 g/mol. The van der Waals surface area contributed by atoms with E-state index in [4.69, 9.17) is 15.5 Å². The van der Waals surface area contributed by atoms with E-state index in [1.54, 1.807) is 23.2 Å². The molecule has 1 aliphatic heterocycles. The van der Waals surface area contributed by atoms with Crippen LogP contribution in [0.5, 0.6) is 0 Å². The number of carbonyl (C=O) groups excluding carboxylic acids is 2.